The monoisotopic (exact) mass is 336 g/mol. The van der Waals surface area contributed by atoms with Gasteiger partial charge >= 0.3 is 0 Å². The Bertz CT molecular complexity index is 493. The highest BCUT2D eigenvalue weighted by Crippen LogP contribution is 2.68. The van der Waals surface area contributed by atoms with Gasteiger partial charge in [0.15, 0.2) is 0 Å². The van der Waals surface area contributed by atoms with Gasteiger partial charge in [0.2, 0.25) is 0 Å². The normalized spacial score (nSPS) is 55.4. The van der Waals surface area contributed by atoms with Gasteiger partial charge in [0.05, 0.1) is 12.2 Å². The maximum absolute atomic E-state index is 11.3. The molecule has 4 aliphatic carbocycles. The van der Waals surface area contributed by atoms with Crippen molar-refractivity contribution in [2.45, 2.75) is 89.8 Å². The van der Waals surface area contributed by atoms with Gasteiger partial charge < -0.3 is 15.3 Å². The van der Waals surface area contributed by atoms with Crippen molar-refractivity contribution in [2.75, 3.05) is 6.61 Å². The molecule has 0 bridgehead atoms. The van der Waals surface area contributed by atoms with Crippen molar-refractivity contribution >= 4 is 0 Å². The number of aliphatic hydroxyl groups is 3. The zero-order valence-electron chi connectivity index (χ0n) is 15.5. The van der Waals surface area contributed by atoms with Crippen molar-refractivity contribution in [1.29, 1.82) is 0 Å². The Balaban J connectivity index is 1.64. The second kappa shape index (κ2) is 5.69. The number of aliphatic hydroxyl groups excluding tert-OH is 2. The van der Waals surface area contributed by atoms with Crippen LogP contribution < -0.4 is 0 Å². The molecule has 4 saturated carbocycles. The Labute approximate surface area is 146 Å². The van der Waals surface area contributed by atoms with E-state index in [0.29, 0.717) is 23.7 Å². The largest absolute Gasteiger partial charge is 0.394 e. The van der Waals surface area contributed by atoms with E-state index in [1.165, 1.54) is 44.9 Å². The molecule has 0 aromatic rings. The molecule has 0 heterocycles. The van der Waals surface area contributed by atoms with Gasteiger partial charge in [0.1, 0.15) is 6.10 Å². The molecule has 3 heteroatoms. The van der Waals surface area contributed by atoms with E-state index in [-0.39, 0.29) is 12.0 Å². The molecular weight excluding hydrogens is 300 g/mol. The molecule has 0 spiro atoms. The van der Waals surface area contributed by atoms with Gasteiger partial charge in [-0.25, -0.2) is 0 Å². The lowest BCUT2D eigenvalue weighted by Crippen LogP contribution is -2.60. The molecule has 0 aliphatic heterocycles. The Hall–Kier alpha value is -0.120. The minimum absolute atomic E-state index is 0.228. The van der Waals surface area contributed by atoms with Crippen molar-refractivity contribution in [3.8, 4) is 0 Å². The minimum atomic E-state index is -1.10. The van der Waals surface area contributed by atoms with Crippen molar-refractivity contribution in [3.63, 3.8) is 0 Å². The molecule has 8 atom stereocenters. The number of fused-ring (bicyclic) bond motifs is 5. The third-order valence-electron chi connectivity index (χ3n) is 9.52. The smallest absolute Gasteiger partial charge is 0.106 e. The lowest BCUT2D eigenvalue weighted by molar-refractivity contribution is -0.193. The average Bonchev–Trinajstić information content (AvgIpc) is 2.86. The summed E-state index contributed by atoms with van der Waals surface area (Å²) in [6, 6.07) is 0. The van der Waals surface area contributed by atoms with Crippen molar-refractivity contribution in [2.24, 2.45) is 34.5 Å². The number of rotatable bonds is 2. The van der Waals surface area contributed by atoms with Gasteiger partial charge in [0.25, 0.3) is 0 Å². The van der Waals surface area contributed by atoms with Crippen molar-refractivity contribution in [1.82, 2.24) is 0 Å². The fraction of sp³-hybridized carbons (Fsp3) is 1.00. The lowest BCUT2D eigenvalue weighted by atomic mass is 9.44. The first-order chi connectivity index (χ1) is 11.4. The van der Waals surface area contributed by atoms with Crippen LogP contribution in [0, 0.1) is 34.5 Å². The fourth-order valence-corrected chi connectivity index (χ4v) is 8.04. The highest BCUT2D eigenvalue weighted by Gasteiger charge is 2.65. The van der Waals surface area contributed by atoms with Crippen LogP contribution in [0.2, 0.25) is 0 Å². The fourth-order valence-electron chi connectivity index (χ4n) is 8.04. The van der Waals surface area contributed by atoms with E-state index < -0.39 is 11.7 Å². The van der Waals surface area contributed by atoms with Gasteiger partial charge in [0, 0.05) is 5.41 Å². The minimum Gasteiger partial charge on any atom is -0.394 e. The molecule has 3 N–H and O–H groups in total. The lowest BCUT2D eigenvalue weighted by Gasteiger charge is -2.61. The first-order valence-electron chi connectivity index (χ1n) is 10.4. The van der Waals surface area contributed by atoms with Gasteiger partial charge in [-0.1, -0.05) is 26.7 Å². The van der Waals surface area contributed by atoms with Crippen molar-refractivity contribution < 1.29 is 15.3 Å². The molecule has 0 radical (unpaired) electrons. The zero-order chi connectivity index (χ0) is 17.2. The second-order valence-corrected chi connectivity index (χ2v) is 10.0. The topological polar surface area (TPSA) is 60.7 Å². The molecular formula is C21H36O3. The highest BCUT2D eigenvalue weighted by atomic mass is 16.4. The first-order valence-corrected chi connectivity index (χ1v) is 10.4. The van der Waals surface area contributed by atoms with E-state index in [4.69, 9.17) is 0 Å². The molecule has 4 fully saturated rings. The summed E-state index contributed by atoms with van der Waals surface area (Å²) in [4.78, 5) is 0. The van der Waals surface area contributed by atoms with E-state index in [9.17, 15) is 15.3 Å². The van der Waals surface area contributed by atoms with Gasteiger partial charge in [-0.2, -0.15) is 0 Å². The van der Waals surface area contributed by atoms with Crippen LogP contribution in [0.5, 0.6) is 0 Å². The Morgan fingerprint density at radius 1 is 0.917 bits per heavy atom. The summed E-state index contributed by atoms with van der Waals surface area (Å²) in [6.45, 7) is 4.45. The third kappa shape index (κ3) is 2.07. The number of hydrogen-bond acceptors (Lipinski definition) is 3. The van der Waals surface area contributed by atoms with Crippen LogP contribution in [0.15, 0.2) is 0 Å². The van der Waals surface area contributed by atoms with Crippen LogP contribution in [0.3, 0.4) is 0 Å². The maximum Gasteiger partial charge on any atom is 0.106 e. The van der Waals surface area contributed by atoms with E-state index in [2.05, 4.69) is 13.8 Å². The summed E-state index contributed by atoms with van der Waals surface area (Å²) in [5.74, 6) is 2.95. The molecule has 0 amide bonds. The molecule has 4 aliphatic rings. The SMILES string of the molecule is C[C@]12CCCC[C@@H]1CC[C@@H]1[C@@H]2CC[C@@]2(C)[C@H]1CC[C@]2(O)[C@H](O)CO. The Morgan fingerprint density at radius 3 is 2.42 bits per heavy atom. The third-order valence-corrected chi connectivity index (χ3v) is 9.52. The number of hydrogen-bond donors (Lipinski definition) is 3. The summed E-state index contributed by atoms with van der Waals surface area (Å²) < 4.78 is 0. The molecule has 0 aromatic heterocycles. The second-order valence-electron chi connectivity index (χ2n) is 10.0. The van der Waals surface area contributed by atoms with Gasteiger partial charge in [-0.3, -0.25) is 0 Å². The van der Waals surface area contributed by atoms with Crippen LogP contribution >= 0.6 is 0 Å². The van der Waals surface area contributed by atoms with Crippen LogP contribution in [-0.4, -0.2) is 33.6 Å². The van der Waals surface area contributed by atoms with E-state index >= 15 is 0 Å². The first kappa shape index (κ1) is 17.3. The zero-order valence-corrected chi connectivity index (χ0v) is 15.5. The quantitative estimate of drug-likeness (QED) is 0.723. The van der Waals surface area contributed by atoms with Gasteiger partial charge in [-0.05, 0) is 80.5 Å². The summed E-state index contributed by atoms with van der Waals surface area (Å²) in [5.41, 5.74) is -0.811. The summed E-state index contributed by atoms with van der Waals surface area (Å²) in [6.07, 6.45) is 11.2. The van der Waals surface area contributed by atoms with Crippen LogP contribution in [-0.2, 0) is 0 Å². The molecule has 0 unspecified atom stereocenters. The predicted molar refractivity (Wildman–Crippen MR) is 94.4 cm³/mol. The summed E-state index contributed by atoms with van der Waals surface area (Å²) >= 11 is 0. The molecule has 3 nitrogen and oxygen atoms in total. The average molecular weight is 337 g/mol. The van der Waals surface area contributed by atoms with Crippen molar-refractivity contribution in [3.05, 3.63) is 0 Å². The van der Waals surface area contributed by atoms with E-state index in [1.807, 2.05) is 0 Å². The van der Waals surface area contributed by atoms with Crippen LogP contribution in [0.25, 0.3) is 0 Å². The standard InChI is InChI=1S/C21H36O3/c1-19-10-4-3-5-14(19)6-7-15-16(19)8-11-20(2)17(15)9-12-21(20,24)18(23)13-22/h14-18,22-24H,3-13H2,1-2H3/t14-,15-,16+,17+,18-,19+,20+,21+/m1/s1. The highest BCUT2D eigenvalue weighted by molar-refractivity contribution is 5.15. The molecule has 4 rings (SSSR count). The summed E-state index contributed by atoms with van der Waals surface area (Å²) in [7, 11) is 0. The Kier molecular flexibility index (Phi) is 4.10. The molecule has 138 valence electrons. The molecule has 24 heavy (non-hydrogen) atoms. The van der Waals surface area contributed by atoms with E-state index in [1.54, 1.807) is 0 Å². The van der Waals surface area contributed by atoms with Crippen LogP contribution in [0.4, 0.5) is 0 Å². The molecule has 0 aromatic carbocycles. The van der Waals surface area contributed by atoms with Crippen LogP contribution in [0.1, 0.15) is 78.1 Å². The van der Waals surface area contributed by atoms with E-state index in [0.717, 1.165) is 24.7 Å². The molecule has 0 saturated heterocycles. The van der Waals surface area contributed by atoms with Gasteiger partial charge in [-0.15, -0.1) is 0 Å². The predicted octanol–water partition coefficient (Wildman–Crippen LogP) is 3.50. The maximum atomic E-state index is 11.3. The Morgan fingerprint density at radius 2 is 1.67 bits per heavy atom. The summed E-state index contributed by atoms with van der Waals surface area (Å²) in [5, 5.41) is 31.1.